The topological polar surface area (TPSA) is 49.4 Å². The Labute approximate surface area is 92.4 Å². The fourth-order valence-corrected chi connectivity index (χ4v) is 3.06. The largest absolute Gasteiger partial charge is 0.317 e. The molecule has 1 unspecified atom stereocenters. The van der Waals surface area contributed by atoms with Gasteiger partial charge in [0.05, 0.1) is 5.75 Å². The van der Waals surface area contributed by atoms with E-state index in [-0.39, 0.29) is 11.8 Å². The first-order chi connectivity index (χ1) is 7.08. The minimum atomic E-state index is -3.14. The van der Waals surface area contributed by atoms with Gasteiger partial charge in [0.2, 0.25) is 10.0 Å². The van der Waals surface area contributed by atoms with Gasteiger partial charge in [-0.25, -0.2) is 12.7 Å². The van der Waals surface area contributed by atoms with Crippen molar-refractivity contribution < 1.29 is 8.42 Å². The van der Waals surface area contributed by atoms with Gasteiger partial charge in [-0.2, -0.15) is 0 Å². The molecule has 1 N–H and O–H groups in total. The highest BCUT2D eigenvalue weighted by molar-refractivity contribution is 7.89. The summed E-state index contributed by atoms with van der Waals surface area (Å²) in [5.74, 6) is 0.0351. The van der Waals surface area contributed by atoms with Crippen molar-refractivity contribution in [2.45, 2.75) is 25.3 Å². The predicted molar refractivity (Wildman–Crippen MR) is 62.3 cm³/mol. The van der Waals surface area contributed by atoms with Crippen LogP contribution in [0.15, 0.2) is 12.7 Å². The quantitative estimate of drug-likeness (QED) is 0.721. The lowest BCUT2D eigenvalue weighted by molar-refractivity contribution is 0.342. The molecule has 0 aromatic rings. The highest BCUT2D eigenvalue weighted by atomic mass is 32.2. The molecule has 0 amide bonds. The molecule has 4 nitrogen and oxygen atoms in total. The van der Waals surface area contributed by atoms with E-state index in [9.17, 15) is 8.42 Å². The lowest BCUT2D eigenvalue weighted by Gasteiger charge is -2.25. The molecule has 5 heteroatoms. The highest BCUT2D eigenvalue weighted by Gasteiger charge is 2.25. The minimum Gasteiger partial charge on any atom is -0.317 e. The van der Waals surface area contributed by atoms with Crippen molar-refractivity contribution in [3.63, 3.8) is 0 Å². The molecule has 0 spiro atoms. The van der Waals surface area contributed by atoms with Crippen LogP contribution in [0.2, 0.25) is 0 Å². The second-order valence-corrected chi connectivity index (χ2v) is 5.99. The molecule has 1 rings (SSSR count). The second-order valence-electron chi connectivity index (χ2n) is 3.92. The smallest absolute Gasteiger partial charge is 0.217 e. The average Bonchev–Trinajstić information content (AvgIpc) is 2.44. The molecule has 15 heavy (non-hydrogen) atoms. The van der Waals surface area contributed by atoms with E-state index in [2.05, 4.69) is 11.9 Å². The zero-order valence-corrected chi connectivity index (χ0v) is 10.1. The van der Waals surface area contributed by atoms with Gasteiger partial charge in [0, 0.05) is 13.1 Å². The molecule has 0 aromatic carbocycles. The lowest BCUT2D eigenvalue weighted by atomic mass is 10.1. The highest BCUT2D eigenvalue weighted by Crippen LogP contribution is 2.15. The van der Waals surface area contributed by atoms with Crippen LogP contribution in [0.1, 0.15) is 19.3 Å². The van der Waals surface area contributed by atoms with Crippen LogP contribution >= 0.6 is 0 Å². The van der Waals surface area contributed by atoms with Crippen LogP contribution in [0.25, 0.3) is 0 Å². The third-order valence-electron chi connectivity index (χ3n) is 2.83. The zero-order valence-electron chi connectivity index (χ0n) is 9.28. The van der Waals surface area contributed by atoms with Crippen molar-refractivity contribution in [2.75, 3.05) is 25.9 Å². The number of rotatable bonds is 4. The summed E-state index contributed by atoms with van der Waals surface area (Å²) in [5.41, 5.74) is 0. The predicted octanol–water partition coefficient (Wildman–Crippen LogP) is 0.576. The molecule has 0 aliphatic carbocycles. The van der Waals surface area contributed by atoms with Crippen LogP contribution in [0, 0.1) is 0 Å². The fourth-order valence-electron chi connectivity index (χ4n) is 1.86. The number of nitrogens with zero attached hydrogens (tertiary/aromatic N) is 1. The van der Waals surface area contributed by atoms with Crippen LogP contribution in [-0.4, -0.2) is 44.7 Å². The van der Waals surface area contributed by atoms with E-state index in [1.807, 2.05) is 0 Å². The van der Waals surface area contributed by atoms with E-state index in [0.717, 1.165) is 32.4 Å². The Balaban J connectivity index is 2.64. The maximum atomic E-state index is 11.8. The van der Waals surface area contributed by atoms with Gasteiger partial charge >= 0.3 is 0 Å². The summed E-state index contributed by atoms with van der Waals surface area (Å²) in [6.45, 7) is 5.37. The summed E-state index contributed by atoms with van der Waals surface area (Å²) in [6.07, 6.45) is 4.33. The number of sulfonamides is 1. The Morgan fingerprint density at radius 3 is 2.87 bits per heavy atom. The van der Waals surface area contributed by atoms with Gasteiger partial charge in [-0.3, -0.25) is 0 Å². The molecular weight excluding hydrogens is 212 g/mol. The fraction of sp³-hybridized carbons (Fsp3) is 0.800. The molecule has 0 radical (unpaired) electrons. The maximum absolute atomic E-state index is 11.8. The van der Waals surface area contributed by atoms with Gasteiger partial charge in [-0.05, 0) is 32.4 Å². The standard InChI is InChI=1S/C10H20N2O2S/c1-3-9-15(13,14)12(2)10-5-4-7-11-8-6-10/h3,10-11H,1,4-9H2,2H3. The lowest BCUT2D eigenvalue weighted by Crippen LogP contribution is -2.38. The number of hydrogen-bond acceptors (Lipinski definition) is 3. The Hall–Kier alpha value is -0.390. The second kappa shape index (κ2) is 5.63. The molecular formula is C10H20N2O2S. The molecule has 1 atom stereocenters. The molecule has 88 valence electrons. The van der Waals surface area contributed by atoms with Crippen LogP contribution < -0.4 is 5.32 Å². The van der Waals surface area contributed by atoms with Crippen LogP contribution in [0.3, 0.4) is 0 Å². The average molecular weight is 232 g/mol. The third-order valence-corrected chi connectivity index (χ3v) is 4.66. The normalized spacial score (nSPS) is 23.7. The van der Waals surface area contributed by atoms with Crippen LogP contribution in [0.5, 0.6) is 0 Å². The van der Waals surface area contributed by atoms with Crippen molar-refractivity contribution in [2.24, 2.45) is 0 Å². The third kappa shape index (κ3) is 3.59. The first-order valence-electron chi connectivity index (χ1n) is 5.35. The minimum absolute atomic E-state index is 0.0351. The first-order valence-corrected chi connectivity index (χ1v) is 6.96. The molecule has 0 aromatic heterocycles. The Morgan fingerprint density at radius 1 is 1.47 bits per heavy atom. The Kier molecular flexibility index (Phi) is 4.76. The molecule has 0 saturated carbocycles. The van der Waals surface area contributed by atoms with E-state index in [1.54, 1.807) is 7.05 Å². The van der Waals surface area contributed by atoms with Gasteiger partial charge in [-0.1, -0.05) is 6.08 Å². The summed E-state index contributed by atoms with van der Waals surface area (Å²) in [5, 5.41) is 3.27. The maximum Gasteiger partial charge on any atom is 0.217 e. The summed E-state index contributed by atoms with van der Waals surface area (Å²) < 4.78 is 25.1. The Morgan fingerprint density at radius 2 is 2.20 bits per heavy atom. The van der Waals surface area contributed by atoms with Crippen LogP contribution in [0.4, 0.5) is 0 Å². The van der Waals surface area contributed by atoms with Crippen LogP contribution in [-0.2, 0) is 10.0 Å². The monoisotopic (exact) mass is 232 g/mol. The van der Waals surface area contributed by atoms with Crippen molar-refractivity contribution in [3.8, 4) is 0 Å². The van der Waals surface area contributed by atoms with Gasteiger partial charge in [-0.15, -0.1) is 6.58 Å². The molecule has 1 aliphatic heterocycles. The van der Waals surface area contributed by atoms with Crippen molar-refractivity contribution in [1.82, 2.24) is 9.62 Å². The van der Waals surface area contributed by atoms with Gasteiger partial charge < -0.3 is 5.32 Å². The van der Waals surface area contributed by atoms with Gasteiger partial charge in [0.1, 0.15) is 0 Å². The van der Waals surface area contributed by atoms with Crippen molar-refractivity contribution in [3.05, 3.63) is 12.7 Å². The van der Waals surface area contributed by atoms with E-state index in [1.165, 1.54) is 10.4 Å². The Bertz CT molecular complexity index is 293. The number of nitrogens with one attached hydrogen (secondary N) is 1. The molecule has 0 bridgehead atoms. The van der Waals surface area contributed by atoms with Crippen molar-refractivity contribution in [1.29, 1.82) is 0 Å². The summed E-state index contributed by atoms with van der Waals surface area (Å²) in [7, 11) is -1.46. The first kappa shape index (κ1) is 12.7. The summed E-state index contributed by atoms with van der Waals surface area (Å²) in [4.78, 5) is 0. The molecule has 1 saturated heterocycles. The zero-order chi connectivity index (χ0) is 11.3. The van der Waals surface area contributed by atoms with Crippen molar-refractivity contribution >= 4 is 10.0 Å². The molecule has 1 aliphatic rings. The summed E-state index contributed by atoms with van der Waals surface area (Å²) in [6, 6.07) is 0.143. The van der Waals surface area contributed by atoms with E-state index in [0.29, 0.717) is 0 Å². The van der Waals surface area contributed by atoms with Gasteiger partial charge in [0.15, 0.2) is 0 Å². The summed E-state index contributed by atoms with van der Waals surface area (Å²) >= 11 is 0. The SMILES string of the molecule is C=CCS(=O)(=O)N(C)C1CCCNCC1. The molecule has 1 heterocycles. The van der Waals surface area contributed by atoms with Gasteiger partial charge in [0.25, 0.3) is 0 Å². The van der Waals surface area contributed by atoms with E-state index >= 15 is 0 Å². The van der Waals surface area contributed by atoms with E-state index < -0.39 is 10.0 Å². The van der Waals surface area contributed by atoms with E-state index in [4.69, 9.17) is 0 Å². The number of hydrogen-bond donors (Lipinski definition) is 1. The molecule has 1 fully saturated rings.